The summed E-state index contributed by atoms with van der Waals surface area (Å²) in [6, 6.07) is 7.57. The minimum Gasteiger partial charge on any atom is -0.458 e. The molecule has 0 saturated heterocycles. The Morgan fingerprint density at radius 3 is 2.50 bits per heavy atom. The van der Waals surface area contributed by atoms with Crippen LogP contribution in [0.15, 0.2) is 36.9 Å². The highest BCUT2D eigenvalue weighted by molar-refractivity contribution is 5.89. The van der Waals surface area contributed by atoms with Gasteiger partial charge in [0.05, 0.1) is 5.56 Å². The summed E-state index contributed by atoms with van der Waals surface area (Å²) < 4.78 is 4.94. The first-order valence-electron chi connectivity index (χ1n) is 5.50. The van der Waals surface area contributed by atoms with Crippen LogP contribution in [0.2, 0.25) is 0 Å². The smallest absolute Gasteiger partial charge is 0.338 e. The van der Waals surface area contributed by atoms with E-state index in [1.165, 1.54) is 5.56 Å². The third kappa shape index (κ3) is 3.89. The number of esters is 1. The van der Waals surface area contributed by atoms with Crippen molar-refractivity contribution in [2.45, 2.75) is 20.3 Å². The molecule has 0 spiro atoms. The molecule has 2 nitrogen and oxygen atoms in total. The number of rotatable bonds is 5. The predicted molar refractivity (Wildman–Crippen MR) is 65.5 cm³/mol. The zero-order chi connectivity index (χ0) is 12.0. The summed E-state index contributed by atoms with van der Waals surface area (Å²) in [6.07, 6.45) is 2.59. The molecule has 1 aromatic rings. The molecule has 0 aromatic heterocycles. The van der Waals surface area contributed by atoms with Crippen molar-refractivity contribution < 1.29 is 9.53 Å². The van der Waals surface area contributed by atoms with Gasteiger partial charge in [0.2, 0.25) is 0 Å². The van der Waals surface area contributed by atoms with Gasteiger partial charge in [-0.2, -0.15) is 0 Å². The molecule has 1 rings (SSSR count). The maximum absolute atomic E-state index is 11.5. The highest BCUT2D eigenvalue weighted by Crippen LogP contribution is 2.10. The lowest BCUT2D eigenvalue weighted by Crippen LogP contribution is -2.05. The molecule has 0 aliphatic heterocycles. The molecule has 0 bridgehead atoms. The van der Waals surface area contributed by atoms with Crippen LogP contribution in [0.1, 0.15) is 29.8 Å². The van der Waals surface area contributed by atoms with Gasteiger partial charge in [0, 0.05) is 0 Å². The van der Waals surface area contributed by atoms with Crippen LogP contribution in [0, 0.1) is 5.92 Å². The molecule has 0 N–H and O–H groups in total. The van der Waals surface area contributed by atoms with E-state index in [1.54, 1.807) is 6.08 Å². The molecule has 2 heteroatoms. The molecule has 0 fully saturated rings. The molecule has 16 heavy (non-hydrogen) atoms. The molecular weight excluding hydrogens is 200 g/mol. The van der Waals surface area contributed by atoms with E-state index in [0.29, 0.717) is 11.5 Å². The van der Waals surface area contributed by atoms with E-state index >= 15 is 0 Å². The minimum atomic E-state index is -0.295. The highest BCUT2D eigenvalue weighted by atomic mass is 16.5. The summed E-state index contributed by atoms with van der Waals surface area (Å²) in [7, 11) is 0. The second-order valence-electron chi connectivity index (χ2n) is 4.18. The number of ether oxygens (including phenoxy) is 1. The first-order chi connectivity index (χ1) is 7.63. The van der Waals surface area contributed by atoms with Gasteiger partial charge in [-0.25, -0.2) is 4.79 Å². The Hall–Kier alpha value is -1.57. The summed E-state index contributed by atoms with van der Waals surface area (Å²) in [5.74, 6) is 0.328. The van der Waals surface area contributed by atoms with E-state index in [-0.39, 0.29) is 12.6 Å². The zero-order valence-corrected chi connectivity index (χ0v) is 9.90. The van der Waals surface area contributed by atoms with Gasteiger partial charge >= 0.3 is 5.97 Å². The third-order valence-electron chi connectivity index (χ3n) is 2.17. The molecule has 0 atom stereocenters. The van der Waals surface area contributed by atoms with Gasteiger partial charge in [0.1, 0.15) is 6.61 Å². The van der Waals surface area contributed by atoms with Crippen molar-refractivity contribution in [3.05, 3.63) is 48.0 Å². The Kier molecular flexibility index (Phi) is 4.77. The van der Waals surface area contributed by atoms with Gasteiger partial charge < -0.3 is 4.74 Å². The fourth-order valence-electron chi connectivity index (χ4n) is 1.47. The van der Waals surface area contributed by atoms with Crippen molar-refractivity contribution in [2.75, 3.05) is 6.61 Å². The Morgan fingerprint density at radius 2 is 2.00 bits per heavy atom. The molecule has 0 aliphatic carbocycles. The van der Waals surface area contributed by atoms with Crippen molar-refractivity contribution in [3.63, 3.8) is 0 Å². The summed E-state index contributed by atoms with van der Waals surface area (Å²) in [4.78, 5) is 11.5. The minimum absolute atomic E-state index is 0.257. The van der Waals surface area contributed by atoms with Crippen molar-refractivity contribution >= 4 is 5.97 Å². The third-order valence-corrected chi connectivity index (χ3v) is 2.17. The largest absolute Gasteiger partial charge is 0.458 e. The van der Waals surface area contributed by atoms with Gasteiger partial charge in [-0.05, 0) is 30.0 Å². The van der Waals surface area contributed by atoms with Gasteiger partial charge in [-0.3, -0.25) is 0 Å². The molecule has 1 aromatic carbocycles. The van der Waals surface area contributed by atoms with E-state index in [2.05, 4.69) is 20.4 Å². The van der Waals surface area contributed by atoms with Crippen LogP contribution in [0.3, 0.4) is 0 Å². The number of carbonyl (C=O) groups excluding carboxylic acids is 1. The molecule has 0 heterocycles. The van der Waals surface area contributed by atoms with E-state index in [0.717, 1.165) is 6.42 Å². The number of hydrogen-bond acceptors (Lipinski definition) is 2. The summed E-state index contributed by atoms with van der Waals surface area (Å²) in [5.41, 5.74) is 1.84. The highest BCUT2D eigenvalue weighted by Gasteiger charge is 2.06. The van der Waals surface area contributed by atoms with E-state index in [9.17, 15) is 4.79 Å². The van der Waals surface area contributed by atoms with Crippen LogP contribution in [-0.4, -0.2) is 12.6 Å². The summed E-state index contributed by atoms with van der Waals surface area (Å²) in [6.45, 7) is 8.10. The lowest BCUT2D eigenvalue weighted by atomic mass is 10.0. The molecule has 86 valence electrons. The van der Waals surface area contributed by atoms with Crippen molar-refractivity contribution in [3.8, 4) is 0 Å². The summed E-state index contributed by atoms with van der Waals surface area (Å²) >= 11 is 0. The van der Waals surface area contributed by atoms with Crippen LogP contribution in [0.4, 0.5) is 0 Å². The van der Waals surface area contributed by atoms with Crippen molar-refractivity contribution in [1.82, 2.24) is 0 Å². The SMILES string of the molecule is C=CCOC(=O)c1ccc(CC(C)C)cc1. The van der Waals surface area contributed by atoms with E-state index in [4.69, 9.17) is 4.74 Å². The Balaban J connectivity index is 2.63. The van der Waals surface area contributed by atoms with E-state index < -0.39 is 0 Å². The van der Waals surface area contributed by atoms with Gasteiger partial charge in [0.25, 0.3) is 0 Å². The number of carbonyl (C=O) groups is 1. The lowest BCUT2D eigenvalue weighted by molar-refractivity contribution is 0.0550. The normalized spacial score (nSPS) is 10.2. The lowest BCUT2D eigenvalue weighted by Gasteiger charge is -2.06. The predicted octanol–water partition coefficient (Wildman–Crippen LogP) is 3.23. The number of benzene rings is 1. The Bertz CT molecular complexity index is 350. The van der Waals surface area contributed by atoms with Gasteiger partial charge in [-0.15, -0.1) is 0 Å². The fourth-order valence-corrected chi connectivity index (χ4v) is 1.47. The topological polar surface area (TPSA) is 26.3 Å². The average molecular weight is 218 g/mol. The molecular formula is C14H18O2. The van der Waals surface area contributed by atoms with E-state index in [1.807, 2.05) is 24.3 Å². The van der Waals surface area contributed by atoms with Crippen LogP contribution in [0.5, 0.6) is 0 Å². The zero-order valence-electron chi connectivity index (χ0n) is 9.90. The van der Waals surface area contributed by atoms with Gasteiger partial charge in [0.15, 0.2) is 0 Å². The maximum Gasteiger partial charge on any atom is 0.338 e. The van der Waals surface area contributed by atoms with Crippen LogP contribution in [0.25, 0.3) is 0 Å². The van der Waals surface area contributed by atoms with Crippen LogP contribution in [-0.2, 0) is 11.2 Å². The second-order valence-corrected chi connectivity index (χ2v) is 4.18. The molecule has 0 unspecified atom stereocenters. The average Bonchev–Trinajstić information content (AvgIpc) is 2.26. The van der Waals surface area contributed by atoms with Crippen LogP contribution >= 0.6 is 0 Å². The maximum atomic E-state index is 11.5. The fraction of sp³-hybridized carbons (Fsp3) is 0.357. The molecule has 0 saturated carbocycles. The quantitative estimate of drug-likeness (QED) is 0.560. The number of hydrogen-bond donors (Lipinski definition) is 0. The Morgan fingerprint density at radius 1 is 1.38 bits per heavy atom. The van der Waals surface area contributed by atoms with Crippen LogP contribution < -0.4 is 0 Å². The molecule has 0 aliphatic rings. The standard InChI is InChI=1S/C14H18O2/c1-4-9-16-14(15)13-7-5-12(6-8-13)10-11(2)3/h4-8,11H,1,9-10H2,2-3H3. The second kappa shape index (κ2) is 6.11. The van der Waals surface area contributed by atoms with Crippen molar-refractivity contribution in [1.29, 1.82) is 0 Å². The first kappa shape index (κ1) is 12.5. The molecule has 0 radical (unpaired) electrons. The van der Waals surface area contributed by atoms with Crippen molar-refractivity contribution in [2.24, 2.45) is 5.92 Å². The molecule has 0 amide bonds. The monoisotopic (exact) mass is 218 g/mol. The van der Waals surface area contributed by atoms with Gasteiger partial charge in [-0.1, -0.05) is 38.6 Å². The first-order valence-corrected chi connectivity index (χ1v) is 5.50. The Labute approximate surface area is 96.9 Å². The summed E-state index contributed by atoms with van der Waals surface area (Å²) in [5, 5.41) is 0.